The number of aryl methyl sites for hydroxylation is 1. The van der Waals surface area contributed by atoms with E-state index in [1.807, 2.05) is 24.3 Å². The second kappa shape index (κ2) is 6.92. The largest absolute Gasteiger partial charge is 0.444 e. The average Bonchev–Trinajstić information content (AvgIpc) is 3.26. The Hall–Kier alpha value is -2.67. The van der Waals surface area contributed by atoms with E-state index in [1.165, 1.54) is 12.3 Å². The molecule has 0 aliphatic carbocycles. The second-order valence-electron chi connectivity index (χ2n) is 5.69. The Morgan fingerprint density at radius 3 is 2.73 bits per heavy atom. The van der Waals surface area contributed by atoms with Crippen molar-refractivity contribution in [3.8, 4) is 11.5 Å². The number of aromatic nitrogens is 3. The van der Waals surface area contributed by atoms with Crippen molar-refractivity contribution in [1.82, 2.24) is 14.5 Å². The zero-order valence-electron chi connectivity index (χ0n) is 13.9. The number of rotatable bonds is 5. The van der Waals surface area contributed by atoms with Crippen molar-refractivity contribution in [3.05, 3.63) is 66.1 Å². The summed E-state index contributed by atoms with van der Waals surface area (Å²) in [5.41, 5.74) is 3.17. The third-order valence-electron chi connectivity index (χ3n) is 4.00. The van der Waals surface area contributed by atoms with Gasteiger partial charge >= 0.3 is 0 Å². The van der Waals surface area contributed by atoms with E-state index in [1.54, 1.807) is 11.8 Å². The summed E-state index contributed by atoms with van der Waals surface area (Å²) in [4.78, 5) is 9.02. The Bertz CT molecular complexity index is 1070. The van der Waals surface area contributed by atoms with Gasteiger partial charge in [0.15, 0.2) is 16.8 Å². The Morgan fingerprint density at radius 1 is 1.08 bits per heavy atom. The van der Waals surface area contributed by atoms with Gasteiger partial charge in [-0.1, -0.05) is 23.9 Å². The number of thioether (sulfide) groups is 1. The van der Waals surface area contributed by atoms with Crippen LogP contribution in [0.25, 0.3) is 22.5 Å². The number of fused-ring (bicyclic) bond motifs is 1. The fraction of sp³-hybridized carbons (Fsp3) is 0.158. The lowest BCUT2D eigenvalue weighted by Crippen LogP contribution is -1.96. The fourth-order valence-corrected chi connectivity index (χ4v) is 3.70. The van der Waals surface area contributed by atoms with Crippen molar-refractivity contribution in [2.45, 2.75) is 24.4 Å². The van der Waals surface area contributed by atoms with E-state index in [0.717, 1.165) is 34.9 Å². The maximum Gasteiger partial charge on any atom is 0.226 e. The summed E-state index contributed by atoms with van der Waals surface area (Å²) >= 11 is 1.56. The Balaban J connectivity index is 1.54. The van der Waals surface area contributed by atoms with E-state index >= 15 is 0 Å². The molecule has 2 aromatic carbocycles. The van der Waals surface area contributed by atoms with Gasteiger partial charge in [0.1, 0.15) is 6.26 Å². The predicted octanol–water partition coefficient (Wildman–Crippen LogP) is 5.28. The molecule has 0 fully saturated rings. The number of imidazole rings is 1. The summed E-state index contributed by atoms with van der Waals surface area (Å²) in [6, 6.07) is 11.6. The first kappa shape index (κ1) is 16.8. The monoisotopic (exact) mass is 371 g/mol. The van der Waals surface area contributed by atoms with Crippen LogP contribution in [0.3, 0.4) is 0 Å². The average molecular weight is 371 g/mol. The molecular formula is C19H15F2N3OS. The molecule has 0 aliphatic heterocycles. The van der Waals surface area contributed by atoms with Gasteiger partial charge in [0, 0.05) is 17.9 Å². The zero-order chi connectivity index (χ0) is 18.1. The molecule has 0 saturated carbocycles. The van der Waals surface area contributed by atoms with Crippen LogP contribution in [0.5, 0.6) is 0 Å². The van der Waals surface area contributed by atoms with Gasteiger partial charge in [-0.25, -0.2) is 18.7 Å². The van der Waals surface area contributed by atoms with Gasteiger partial charge in [-0.3, -0.25) is 0 Å². The molecule has 4 aromatic rings. The summed E-state index contributed by atoms with van der Waals surface area (Å²) in [5, 5.41) is 0.908. The Morgan fingerprint density at radius 2 is 1.92 bits per heavy atom. The highest BCUT2D eigenvalue weighted by Gasteiger charge is 2.13. The molecule has 0 radical (unpaired) electrons. The van der Waals surface area contributed by atoms with Crippen molar-refractivity contribution in [2.75, 3.05) is 0 Å². The van der Waals surface area contributed by atoms with Gasteiger partial charge in [0.25, 0.3) is 0 Å². The normalized spacial score (nSPS) is 11.3. The van der Waals surface area contributed by atoms with Crippen LogP contribution in [0.2, 0.25) is 0 Å². The van der Waals surface area contributed by atoms with Crippen LogP contribution in [0, 0.1) is 11.6 Å². The molecule has 26 heavy (non-hydrogen) atoms. The first-order valence-electron chi connectivity index (χ1n) is 8.13. The number of nitrogens with zero attached hydrogens (tertiary/aromatic N) is 3. The molecule has 0 bridgehead atoms. The van der Waals surface area contributed by atoms with E-state index < -0.39 is 11.6 Å². The summed E-state index contributed by atoms with van der Waals surface area (Å²) in [6.45, 7) is 2.90. The molecule has 0 atom stereocenters. The smallest absolute Gasteiger partial charge is 0.226 e. The van der Waals surface area contributed by atoms with E-state index in [0.29, 0.717) is 17.0 Å². The molecule has 0 amide bonds. The molecule has 4 rings (SSSR count). The Labute approximate surface area is 152 Å². The first-order valence-corrected chi connectivity index (χ1v) is 9.12. The van der Waals surface area contributed by atoms with Crippen molar-refractivity contribution in [3.63, 3.8) is 0 Å². The lowest BCUT2D eigenvalue weighted by atomic mass is 10.2. The summed E-state index contributed by atoms with van der Waals surface area (Å²) in [6.07, 6.45) is 1.53. The van der Waals surface area contributed by atoms with Crippen LogP contribution in [-0.4, -0.2) is 14.5 Å². The topological polar surface area (TPSA) is 43.9 Å². The minimum absolute atomic E-state index is 0.267. The maximum atomic E-state index is 13.4. The standard InChI is InChI=1S/C19H15F2N3OS/c1-2-24-17-6-4-3-5-16(17)23-19(24)26-11-13-10-25-18(22-13)12-7-8-14(20)15(21)9-12/h3-10H,2,11H2,1H3. The first-order chi connectivity index (χ1) is 12.7. The minimum atomic E-state index is -0.923. The van der Waals surface area contributed by atoms with Crippen LogP contribution in [0.15, 0.2) is 58.3 Å². The Kier molecular flexibility index (Phi) is 4.46. The van der Waals surface area contributed by atoms with Crippen molar-refractivity contribution in [1.29, 1.82) is 0 Å². The minimum Gasteiger partial charge on any atom is -0.444 e. The molecule has 2 heterocycles. The zero-order valence-corrected chi connectivity index (χ0v) is 14.8. The third-order valence-corrected chi connectivity index (χ3v) is 5.01. The fourth-order valence-electron chi connectivity index (χ4n) is 2.74. The summed E-state index contributed by atoms with van der Waals surface area (Å²) in [7, 11) is 0. The highest BCUT2D eigenvalue weighted by Crippen LogP contribution is 2.28. The van der Waals surface area contributed by atoms with Crippen LogP contribution in [0.1, 0.15) is 12.6 Å². The highest BCUT2D eigenvalue weighted by molar-refractivity contribution is 7.98. The van der Waals surface area contributed by atoms with E-state index in [-0.39, 0.29) is 5.89 Å². The van der Waals surface area contributed by atoms with Crippen molar-refractivity contribution < 1.29 is 13.2 Å². The van der Waals surface area contributed by atoms with Crippen molar-refractivity contribution in [2.24, 2.45) is 0 Å². The second-order valence-corrected chi connectivity index (χ2v) is 6.63. The van der Waals surface area contributed by atoms with Gasteiger partial charge < -0.3 is 8.98 Å². The number of para-hydroxylation sites is 2. The molecular weight excluding hydrogens is 356 g/mol. The SMILES string of the molecule is CCn1c(SCc2coc(-c3ccc(F)c(F)c3)n2)nc2ccccc21. The lowest BCUT2D eigenvalue weighted by Gasteiger charge is -2.04. The number of benzene rings is 2. The molecule has 0 unspecified atom stereocenters. The molecule has 7 heteroatoms. The van der Waals surface area contributed by atoms with Gasteiger partial charge in [-0.15, -0.1) is 0 Å². The van der Waals surface area contributed by atoms with Crippen LogP contribution < -0.4 is 0 Å². The molecule has 132 valence electrons. The predicted molar refractivity (Wildman–Crippen MR) is 96.8 cm³/mol. The molecule has 0 saturated heterocycles. The lowest BCUT2D eigenvalue weighted by molar-refractivity contribution is 0.507. The van der Waals surface area contributed by atoms with E-state index in [4.69, 9.17) is 4.42 Å². The number of oxazole rings is 1. The van der Waals surface area contributed by atoms with Crippen LogP contribution in [0.4, 0.5) is 8.78 Å². The van der Waals surface area contributed by atoms with Gasteiger partial charge in [0.2, 0.25) is 5.89 Å². The number of hydrogen-bond donors (Lipinski definition) is 0. The number of hydrogen-bond acceptors (Lipinski definition) is 4. The summed E-state index contributed by atoms with van der Waals surface area (Å²) in [5.74, 6) is -0.984. The molecule has 4 nitrogen and oxygen atoms in total. The number of halogens is 2. The molecule has 0 aliphatic rings. The van der Waals surface area contributed by atoms with Crippen LogP contribution in [-0.2, 0) is 12.3 Å². The van der Waals surface area contributed by atoms with E-state index in [9.17, 15) is 8.78 Å². The van der Waals surface area contributed by atoms with Crippen molar-refractivity contribution >= 4 is 22.8 Å². The summed E-state index contributed by atoms with van der Waals surface area (Å²) < 4.78 is 34.0. The highest BCUT2D eigenvalue weighted by atomic mass is 32.2. The van der Waals surface area contributed by atoms with Crippen LogP contribution >= 0.6 is 11.8 Å². The van der Waals surface area contributed by atoms with E-state index in [2.05, 4.69) is 21.5 Å². The molecule has 2 aromatic heterocycles. The quantitative estimate of drug-likeness (QED) is 0.448. The third kappa shape index (κ3) is 3.10. The maximum absolute atomic E-state index is 13.4. The molecule has 0 spiro atoms. The van der Waals surface area contributed by atoms with Gasteiger partial charge in [-0.05, 0) is 37.3 Å². The van der Waals surface area contributed by atoms with Gasteiger partial charge in [-0.2, -0.15) is 0 Å². The molecule has 0 N–H and O–H groups in total. The van der Waals surface area contributed by atoms with Gasteiger partial charge in [0.05, 0.1) is 16.7 Å².